The van der Waals surface area contributed by atoms with Crippen LogP contribution in [0.25, 0.3) is 10.4 Å². The third-order valence-corrected chi connectivity index (χ3v) is 7.96. The van der Waals surface area contributed by atoms with E-state index in [2.05, 4.69) is 11.1 Å². The van der Waals surface area contributed by atoms with Crippen molar-refractivity contribution < 1.29 is 18.0 Å². The molecule has 0 spiro atoms. The molecule has 3 heterocycles. The van der Waals surface area contributed by atoms with Crippen molar-refractivity contribution in [2.45, 2.75) is 37.1 Å². The van der Waals surface area contributed by atoms with Crippen LogP contribution in [0.1, 0.15) is 24.9 Å². The fourth-order valence-electron chi connectivity index (χ4n) is 3.95. The quantitative estimate of drug-likeness (QED) is 0.457. The van der Waals surface area contributed by atoms with E-state index >= 15 is 0 Å². The van der Waals surface area contributed by atoms with Crippen molar-refractivity contribution in [3.63, 3.8) is 0 Å². The standard InChI is InChI=1S/C22H21ClF3N3OS2/c1-4-29-17(22(24,25)26)10-14-18(21(29)30)28(3)20(27-14)19-16(31-5-2)11-15(32-19)12-6-8-13(23)9-7-12/h6-11,18,20H,4-5H2,1-3H3. The minimum absolute atomic E-state index is 0.0525. The summed E-state index contributed by atoms with van der Waals surface area (Å²) < 4.78 is 40.7. The molecule has 0 bridgehead atoms. The zero-order valence-electron chi connectivity index (χ0n) is 17.6. The number of hydrogen-bond donors (Lipinski definition) is 0. The van der Waals surface area contributed by atoms with Crippen LogP contribution >= 0.6 is 34.7 Å². The van der Waals surface area contributed by atoms with Crippen molar-refractivity contribution >= 4 is 46.3 Å². The van der Waals surface area contributed by atoms with Gasteiger partial charge in [-0.25, -0.2) is 0 Å². The van der Waals surface area contributed by atoms with Crippen LogP contribution in [0.4, 0.5) is 13.2 Å². The smallest absolute Gasteiger partial charge is 0.307 e. The molecule has 4 nitrogen and oxygen atoms in total. The molecule has 0 aliphatic carbocycles. The topological polar surface area (TPSA) is 35.9 Å². The number of carbonyl (C=O) groups excluding carboxylic acids is 1. The maximum atomic E-state index is 13.6. The van der Waals surface area contributed by atoms with E-state index in [0.717, 1.165) is 36.9 Å². The van der Waals surface area contributed by atoms with Crippen LogP contribution in [0.3, 0.4) is 0 Å². The van der Waals surface area contributed by atoms with Gasteiger partial charge in [-0.05, 0) is 49.6 Å². The Morgan fingerprint density at radius 2 is 1.91 bits per heavy atom. The molecule has 4 rings (SSSR count). The summed E-state index contributed by atoms with van der Waals surface area (Å²) >= 11 is 9.20. The average Bonchev–Trinajstić information content (AvgIpc) is 3.29. The minimum atomic E-state index is -4.62. The zero-order chi connectivity index (χ0) is 23.2. The summed E-state index contributed by atoms with van der Waals surface area (Å²) in [6, 6.07) is 8.76. The van der Waals surface area contributed by atoms with Gasteiger partial charge in [-0.3, -0.25) is 14.7 Å². The molecule has 170 valence electrons. The number of benzene rings is 1. The lowest BCUT2D eigenvalue weighted by atomic mass is 10.0. The minimum Gasteiger partial charge on any atom is -0.307 e. The summed E-state index contributed by atoms with van der Waals surface area (Å²) in [6.07, 6.45) is -4.13. The van der Waals surface area contributed by atoms with Crippen molar-refractivity contribution in [1.29, 1.82) is 0 Å². The number of allylic oxidation sites excluding steroid dienone is 1. The van der Waals surface area contributed by atoms with Gasteiger partial charge in [-0.2, -0.15) is 13.2 Å². The molecular formula is C22H21ClF3N3OS2. The first kappa shape index (κ1) is 23.4. The van der Waals surface area contributed by atoms with Gasteiger partial charge in [0.25, 0.3) is 5.91 Å². The molecular weight excluding hydrogens is 479 g/mol. The van der Waals surface area contributed by atoms with Crippen molar-refractivity contribution in [2.75, 3.05) is 19.3 Å². The predicted molar refractivity (Wildman–Crippen MR) is 124 cm³/mol. The first-order valence-electron chi connectivity index (χ1n) is 10.1. The van der Waals surface area contributed by atoms with E-state index < -0.39 is 30.0 Å². The van der Waals surface area contributed by atoms with Crippen LogP contribution in [0.15, 0.2) is 52.0 Å². The van der Waals surface area contributed by atoms with E-state index in [4.69, 9.17) is 11.6 Å². The summed E-state index contributed by atoms with van der Waals surface area (Å²) in [7, 11) is 1.74. The van der Waals surface area contributed by atoms with Gasteiger partial charge in [-0.15, -0.1) is 23.1 Å². The Bertz CT molecular complexity index is 1090. The highest BCUT2D eigenvalue weighted by Crippen LogP contribution is 2.46. The predicted octanol–water partition coefficient (Wildman–Crippen LogP) is 6.24. The number of carbonyl (C=O) groups is 1. The highest BCUT2D eigenvalue weighted by atomic mass is 35.5. The molecule has 2 aliphatic rings. The molecule has 32 heavy (non-hydrogen) atoms. The Labute approximate surface area is 197 Å². The van der Waals surface area contributed by atoms with E-state index in [1.54, 1.807) is 30.6 Å². The highest BCUT2D eigenvalue weighted by molar-refractivity contribution is 7.99. The number of nitrogens with zero attached hydrogens (tertiary/aromatic N) is 3. The number of likely N-dealkylation sites (N-methyl/N-ethyl adjacent to an activating group) is 2. The molecule has 2 aromatic rings. The molecule has 0 saturated heterocycles. The Balaban J connectivity index is 1.77. The molecule has 0 saturated carbocycles. The normalized spacial score (nSPS) is 21.6. The Hall–Kier alpha value is -1.81. The second-order valence-electron chi connectivity index (χ2n) is 7.38. The number of fused-ring (bicyclic) bond motifs is 1. The number of alkyl halides is 3. The summed E-state index contributed by atoms with van der Waals surface area (Å²) in [5.41, 5.74) is 0.209. The van der Waals surface area contributed by atoms with E-state index in [0.29, 0.717) is 5.02 Å². The van der Waals surface area contributed by atoms with E-state index in [9.17, 15) is 18.0 Å². The summed E-state index contributed by atoms with van der Waals surface area (Å²) in [6.45, 7) is 3.53. The Morgan fingerprint density at radius 3 is 2.50 bits per heavy atom. The maximum Gasteiger partial charge on any atom is 0.431 e. The van der Waals surface area contributed by atoms with Gasteiger partial charge in [-0.1, -0.05) is 30.7 Å². The van der Waals surface area contributed by atoms with Gasteiger partial charge in [0.15, 0.2) is 0 Å². The van der Waals surface area contributed by atoms with Crippen LogP contribution in [-0.4, -0.2) is 53.0 Å². The molecule has 1 amide bonds. The molecule has 10 heteroatoms. The Kier molecular flexibility index (Phi) is 6.46. The monoisotopic (exact) mass is 499 g/mol. The molecule has 2 atom stereocenters. The van der Waals surface area contributed by atoms with Gasteiger partial charge in [0.1, 0.15) is 17.9 Å². The number of aliphatic imine (C=N–C) groups is 1. The summed E-state index contributed by atoms with van der Waals surface area (Å²) in [5, 5.41) is 0.644. The SMILES string of the molecule is CCSc1cc(-c2ccc(Cl)cc2)sc1C1N=C2C=C(C(F)(F)F)N(CC)C(=O)C2N1C. The lowest BCUT2D eigenvalue weighted by Crippen LogP contribution is -2.53. The molecule has 1 aromatic carbocycles. The highest BCUT2D eigenvalue weighted by Gasteiger charge is 2.50. The molecule has 1 aromatic heterocycles. The first-order valence-corrected chi connectivity index (χ1v) is 12.3. The largest absolute Gasteiger partial charge is 0.431 e. The maximum absolute atomic E-state index is 13.6. The zero-order valence-corrected chi connectivity index (χ0v) is 20.0. The van der Waals surface area contributed by atoms with Gasteiger partial charge in [0.05, 0.1) is 10.6 Å². The second kappa shape index (κ2) is 8.85. The number of amides is 1. The molecule has 0 N–H and O–H groups in total. The van der Waals surface area contributed by atoms with E-state index in [1.165, 1.54) is 11.3 Å². The number of thioether (sulfide) groups is 1. The molecule has 0 radical (unpaired) electrons. The number of hydrogen-bond acceptors (Lipinski definition) is 5. The number of halogens is 4. The number of rotatable bonds is 5. The van der Waals surface area contributed by atoms with Crippen LogP contribution in [0.2, 0.25) is 5.02 Å². The van der Waals surface area contributed by atoms with Gasteiger partial charge in [0.2, 0.25) is 0 Å². The fourth-order valence-corrected chi connectivity index (χ4v) is 6.37. The fraction of sp³-hybridized carbons (Fsp3) is 0.364. The van der Waals surface area contributed by atoms with Gasteiger partial charge < -0.3 is 4.90 Å². The van der Waals surface area contributed by atoms with Gasteiger partial charge in [0, 0.05) is 21.3 Å². The third-order valence-electron chi connectivity index (χ3n) is 5.41. The molecule has 2 aliphatic heterocycles. The lowest BCUT2D eigenvalue weighted by Gasteiger charge is -2.34. The van der Waals surface area contributed by atoms with E-state index in [1.807, 2.05) is 31.2 Å². The van der Waals surface area contributed by atoms with Crippen molar-refractivity contribution in [2.24, 2.45) is 4.99 Å². The first-order chi connectivity index (χ1) is 15.2. The average molecular weight is 500 g/mol. The lowest BCUT2D eigenvalue weighted by molar-refractivity contribution is -0.145. The van der Waals surface area contributed by atoms with Crippen molar-refractivity contribution in [3.8, 4) is 10.4 Å². The van der Waals surface area contributed by atoms with Crippen molar-refractivity contribution in [1.82, 2.24) is 9.80 Å². The number of thiophene rings is 1. The molecule has 0 fully saturated rings. The van der Waals surface area contributed by atoms with Crippen molar-refractivity contribution in [3.05, 3.63) is 52.0 Å². The summed E-state index contributed by atoms with van der Waals surface area (Å²) in [4.78, 5) is 23.1. The Morgan fingerprint density at radius 1 is 1.22 bits per heavy atom. The van der Waals surface area contributed by atoms with Crippen LogP contribution in [0, 0.1) is 0 Å². The van der Waals surface area contributed by atoms with Gasteiger partial charge >= 0.3 is 6.18 Å². The molecule has 2 unspecified atom stereocenters. The second-order valence-corrected chi connectivity index (χ2v) is 10.2. The van der Waals surface area contributed by atoms with Crippen LogP contribution < -0.4 is 0 Å². The summed E-state index contributed by atoms with van der Waals surface area (Å²) in [5.74, 6) is 0.242. The van der Waals surface area contributed by atoms with Crippen LogP contribution in [-0.2, 0) is 4.79 Å². The third kappa shape index (κ3) is 4.11. The van der Waals surface area contributed by atoms with E-state index in [-0.39, 0.29) is 12.3 Å². The van der Waals surface area contributed by atoms with Crippen LogP contribution in [0.5, 0.6) is 0 Å².